The second kappa shape index (κ2) is 4.91. The third-order valence-corrected chi connectivity index (χ3v) is 3.61. The van der Waals surface area contributed by atoms with E-state index < -0.39 is 8.60 Å². The second-order valence-electron chi connectivity index (χ2n) is 4.76. The van der Waals surface area contributed by atoms with Gasteiger partial charge in [0.1, 0.15) is 5.75 Å². The molecular formula is C12H17O4P. The molecule has 0 amide bonds. The minimum absolute atomic E-state index is 0.154. The van der Waals surface area contributed by atoms with Crippen molar-refractivity contribution >= 4 is 8.60 Å². The van der Waals surface area contributed by atoms with Gasteiger partial charge in [-0.3, -0.25) is 0 Å². The van der Waals surface area contributed by atoms with Gasteiger partial charge in [-0.15, -0.1) is 0 Å². The van der Waals surface area contributed by atoms with E-state index in [0.29, 0.717) is 6.61 Å². The quantitative estimate of drug-likeness (QED) is 0.826. The fourth-order valence-electron chi connectivity index (χ4n) is 1.85. The van der Waals surface area contributed by atoms with E-state index in [1.807, 2.05) is 24.3 Å². The Morgan fingerprint density at radius 2 is 2.00 bits per heavy atom. The smallest absolute Gasteiger partial charge is 0.330 e. The fraction of sp³-hybridized carbons (Fsp3) is 0.500. The zero-order chi connectivity index (χ0) is 12.5. The maximum Gasteiger partial charge on any atom is 0.330 e. The van der Waals surface area contributed by atoms with Crippen molar-refractivity contribution in [2.75, 3.05) is 13.7 Å². The molecule has 0 radical (unpaired) electrons. The third kappa shape index (κ3) is 2.78. The predicted octanol–water partition coefficient (Wildman–Crippen LogP) is 3.03. The van der Waals surface area contributed by atoms with E-state index in [2.05, 4.69) is 13.8 Å². The van der Waals surface area contributed by atoms with Crippen molar-refractivity contribution in [3.05, 3.63) is 29.8 Å². The minimum Gasteiger partial charge on any atom is -0.497 e. The molecule has 1 saturated heterocycles. The average Bonchev–Trinajstić information content (AvgIpc) is 2.33. The van der Waals surface area contributed by atoms with Crippen LogP contribution < -0.4 is 4.74 Å². The summed E-state index contributed by atoms with van der Waals surface area (Å²) in [5.41, 5.74) is 0.872. The van der Waals surface area contributed by atoms with Crippen LogP contribution in [0.4, 0.5) is 0 Å². The maximum atomic E-state index is 9.47. The van der Waals surface area contributed by atoms with E-state index in [9.17, 15) is 4.89 Å². The molecular weight excluding hydrogens is 239 g/mol. The van der Waals surface area contributed by atoms with Gasteiger partial charge in [-0.1, -0.05) is 26.0 Å². The molecule has 0 spiro atoms. The molecule has 0 saturated carbocycles. The Kier molecular flexibility index (Phi) is 3.69. The van der Waals surface area contributed by atoms with Crippen molar-refractivity contribution in [3.63, 3.8) is 0 Å². The molecule has 1 heterocycles. The van der Waals surface area contributed by atoms with Gasteiger partial charge in [-0.25, -0.2) is 0 Å². The number of rotatable bonds is 2. The topological polar surface area (TPSA) is 47.9 Å². The number of hydrogen-bond acceptors (Lipinski definition) is 4. The Bertz CT molecular complexity index is 377. The molecule has 0 bridgehead atoms. The molecule has 4 nitrogen and oxygen atoms in total. The van der Waals surface area contributed by atoms with Crippen LogP contribution in [-0.2, 0) is 9.05 Å². The summed E-state index contributed by atoms with van der Waals surface area (Å²) >= 11 is 0. The van der Waals surface area contributed by atoms with Gasteiger partial charge in [-0.2, -0.15) is 0 Å². The van der Waals surface area contributed by atoms with Crippen molar-refractivity contribution in [1.29, 1.82) is 0 Å². The van der Waals surface area contributed by atoms with Crippen LogP contribution in [0.1, 0.15) is 25.5 Å². The lowest BCUT2D eigenvalue weighted by molar-refractivity contribution is -0.0277. The lowest BCUT2D eigenvalue weighted by Gasteiger charge is -2.39. The number of methoxy groups -OCH3 is 1. The summed E-state index contributed by atoms with van der Waals surface area (Å²) in [5, 5.41) is 0. The number of hydrogen-bond donors (Lipinski definition) is 1. The molecule has 0 aromatic heterocycles. The highest BCUT2D eigenvalue weighted by molar-refractivity contribution is 7.40. The van der Waals surface area contributed by atoms with Crippen LogP contribution >= 0.6 is 8.60 Å². The molecule has 0 aliphatic carbocycles. The van der Waals surface area contributed by atoms with E-state index in [-0.39, 0.29) is 11.5 Å². The van der Waals surface area contributed by atoms with Crippen LogP contribution in [0.2, 0.25) is 0 Å². The van der Waals surface area contributed by atoms with E-state index >= 15 is 0 Å². The summed E-state index contributed by atoms with van der Waals surface area (Å²) < 4.78 is 15.8. The zero-order valence-corrected chi connectivity index (χ0v) is 11.1. The Morgan fingerprint density at radius 1 is 1.35 bits per heavy atom. The van der Waals surface area contributed by atoms with Crippen molar-refractivity contribution in [2.45, 2.75) is 20.0 Å². The molecule has 1 aromatic carbocycles. The van der Waals surface area contributed by atoms with Crippen LogP contribution in [0.5, 0.6) is 5.75 Å². The average molecular weight is 256 g/mol. The summed E-state index contributed by atoms with van der Waals surface area (Å²) in [4.78, 5) is 9.47. The molecule has 1 aliphatic rings. The second-order valence-corrected chi connectivity index (χ2v) is 5.70. The predicted molar refractivity (Wildman–Crippen MR) is 65.7 cm³/mol. The molecule has 1 aromatic rings. The standard InChI is InChI=1S/C12H17O4P/c1-12(2)8-15-17(13)16-11(12)9-4-6-10(14-3)7-5-9/h4-7,11,13H,8H2,1-3H3. The van der Waals surface area contributed by atoms with Gasteiger partial charge in [0.2, 0.25) is 0 Å². The first-order chi connectivity index (χ1) is 8.03. The lowest BCUT2D eigenvalue weighted by atomic mass is 9.83. The number of benzene rings is 1. The zero-order valence-electron chi connectivity index (χ0n) is 10.2. The molecule has 2 rings (SSSR count). The third-order valence-electron chi connectivity index (χ3n) is 2.87. The minimum atomic E-state index is -1.76. The Balaban J connectivity index is 2.23. The van der Waals surface area contributed by atoms with Gasteiger partial charge in [0.25, 0.3) is 0 Å². The molecule has 2 unspecified atom stereocenters. The molecule has 17 heavy (non-hydrogen) atoms. The number of ether oxygens (including phenoxy) is 1. The lowest BCUT2D eigenvalue weighted by Crippen LogP contribution is -2.32. The summed E-state index contributed by atoms with van der Waals surface area (Å²) in [6.45, 7) is 4.61. The summed E-state index contributed by atoms with van der Waals surface area (Å²) in [7, 11) is -0.120. The highest BCUT2D eigenvalue weighted by atomic mass is 31.2. The molecule has 5 heteroatoms. The van der Waals surface area contributed by atoms with Gasteiger partial charge in [0.05, 0.1) is 19.8 Å². The van der Waals surface area contributed by atoms with Gasteiger partial charge in [0, 0.05) is 5.41 Å². The fourth-order valence-corrected chi connectivity index (χ4v) is 2.94. The van der Waals surface area contributed by atoms with E-state index in [0.717, 1.165) is 11.3 Å². The Morgan fingerprint density at radius 3 is 2.59 bits per heavy atom. The Labute approximate surface area is 103 Å². The van der Waals surface area contributed by atoms with Crippen molar-refractivity contribution < 1.29 is 18.7 Å². The first kappa shape index (κ1) is 12.8. The van der Waals surface area contributed by atoms with Crippen LogP contribution in [-0.4, -0.2) is 18.6 Å². The van der Waals surface area contributed by atoms with Crippen LogP contribution in [0.3, 0.4) is 0 Å². The summed E-state index contributed by atoms with van der Waals surface area (Å²) in [6.07, 6.45) is -0.154. The molecule has 1 N–H and O–H groups in total. The normalized spacial score (nSPS) is 27.8. The molecule has 1 fully saturated rings. The maximum absolute atomic E-state index is 9.47. The van der Waals surface area contributed by atoms with Crippen molar-refractivity contribution in [1.82, 2.24) is 0 Å². The first-order valence-electron chi connectivity index (χ1n) is 5.45. The van der Waals surface area contributed by atoms with Crippen LogP contribution in [0, 0.1) is 5.41 Å². The van der Waals surface area contributed by atoms with Crippen LogP contribution in [0.25, 0.3) is 0 Å². The van der Waals surface area contributed by atoms with Crippen molar-refractivity contribution in [2.24, 2.45) is 5.41 Å². The summed E-state index contributed by atoms with van der Waals surface area (Å²) in [6, 6.07) is 7.70. The van der Waals surface area contributed by atoms with Gasteiger partial charge in [-0.05, 0) is 17.7 Å². The van der Waals surface area contributed by atoms with E-state index in [1.165, 1.54) is 0 Å². The van der Waals surface area contributed by atoms with Gasteiger partial charge >= 0.3 is 8.60 Å². The van der Waals surface area contributed by atoms with Gasteiger partial charge in [0.15, 0.2) is 0 Å². The summed E-state index contributed by atoms with van der Waals surface area (Å²) in [5.74, 6) is 0.810. The largest absolute Gasteiger partial charge is 0.497 e. The highest BCUT2D eigenvalue weighted by Crippen LogP contribution is 2.52. The van der Waals surface area contributed by atoms with Crippen molar-refractivity contribution in [3.8, 4) is 5.75 Å². The Hall–Kier alpha value is -0.670. The monoisotopic (exact) mass is 256 g/mol. The molecule has 1 aliphatic heterocycles. The van der Waals surface area contributed by atoms with Crippen LogP contribution in [0.15, 0.2) is 24.3 Å². The van der Waals surface area contributed by atoms with E-state index in [4.69, 9.17) is 13.8 Å². The molecule has 2 atom stereocenters. The SMILES string of the molecule is COc1ccc(C2OP(O)OCC2(C)C)cc1. The molecule has 94 valence electrons. The first-order valence-corrected chi connectivity index (χ1v) is 6.58. The highest BCUT2D eigenvalue weighted by Gasteiger charge is 2.39. The van der Waals surface area contributed by atoms with Gasteiger partial charge < -0.3 is 18.7 Å². The van der Waals surface area contributed by atoms with E-state index in [1.54, 1.807) is 7.11 Å².